The van der Waals surface area contributed by atoms with Crippen molar-refractivity contribution in [3.05, 3.63) is 12.2 Å². The smallest absolute Gasteiger partial charge is 0.324 e. The van der Waals surface area contributed by atoms with Gasteiger partial charge in [0.15, 0.2) is 5.41 Å². The second-order valence-corrected chi connectivity index (χ2v) is 4.42. The zero-order valence-corrected chi connectivity index (χ0v) is 10.8. The van der Waals surface area contributed by atoms with Gasteiger partial charge in [0.1, 0.15) is 0 Å². The topological polar surface area (TPSA) is 52.6 Å². The molecule has 4 nitrogen and oxygen atoms in total. The van der Waals surface area contributed by atoms with Crippen molar-refractivity contribution in [2.45, 2.75) is 25.7 Å². The Bertz CT molecular complexity index is 369. The van der Waals surface area contributed by atoms with Gasteiger partial charge in [-0.3, -0.25) is 9.59 Å². The zero-order chi connectivity index (χ0) is 13.6. The molecule has 98 valence electrons. The number of allylic oxidation sites excluding steroid dienone is 2. The number of carbonyl (C=O) groups excluding carboxylic acids is 2. The maximum atomic E-state index is 11.9. The van der Waals surface area contributed by atoms with E-state index < -0.39 is 17.4 Å². The first-order valence-corrected chi connectivity index (χ1v) is 5.87. The number of methoxy groups -OCH3 is 2. The summed E-state index contributed by atoms with van der Waals surface area (Å²) < 4.78 is 9.39. The number of carbonyl (C=O) groups is 2. The quantitative estimate of drug-likeness (QED) is 0.311. The van der Waals surface area contributed by atoms with Gasteiger partial charge in [0, 0.05) is 6.42 Å². The van der Waals surface area contributed by atoms with Crippen molar-refractivity contribution in [2.24, 2.45) is 11.3 Å². The summed E-state index contributed by atoms with van der Waals surface area (Å²) >= 11 is 0. The molecule has 1 aliphatic carbocycles. The van der Waals surface area contributed by atoms with E-state index in [1.54, 1.807) is 0 Å². The lowest BCUT2D eigenvalue weighted by atomic mass is 9.81. The molecule has 0 aliphatic heterocycles. The van der Waals surface area contributed by atoms with Crippen molar-refractivity contribution in [1.82, 2.24) is 0 Å². The van der Waals surface area contributed by atoms with E-state index in [4.69, 9.17) is 15.9 Å². The van der Waals surface area contributed by atoms with Crippen LogP contribution in [0.1, 0.15) is 25.7 Å². The van der Waals surface area contributed by atoms with Gasteiger partial charge in [0.05, 0.1) is 14.2 Å². The predicted molar refractivity (Wildman–Crippen MR) is 66.4 cm³/mol. The minimum absolute atomic E-state index is 0.0264. The van der Waals surface area contributed by atoms with Gasteiger partial charge in [0.2, 0.25) is 0 Å². The third kappa shape index (κ3) is 3.13. The Hall–Kier alpha value is -1.76. The molecule has 18 heavy (non-hydrogen) atoms. The standard InChI is InChI=1S/C14H18O4/c1-4-9-14(12(15)17-2,13(16)18-3)10-5-6-11-7-8-11/h1,5-6,11H,7-10H2,2-3H3/b6-5+. The summed E-state index contributed by atoms with van der Waals surface area (Å²) in [5.41, 5.74) is -1.41. The van der Waals surface area contributed by atoms with Gasteiger partial charge in [-0.2, -0.15) is 0 Å². The van der Waals surface area contributed by atoms with Crippen molar-refractivity contribution in [3.8, 4) is 12.3 Å². The monoisotopic (exact) mass is 250 g/mol. The first-order valence-electron chi connectivity index (χ1n) is 5.87. The van der Waals surface area contributed by atoms with E-state index in [0.29, 0.717) is 5.92 Å². The largest absolute Gasteiger partial charge is 0.468 e. The Labute approximate surface area is 107 Å². The summed E-state index contributed by atoms with van der Waals surface area (Å²) in [6.45, 7) is 0. The molecule has 0 aromatic heterocycles. The van der Waals surface area contributed by atoms with Gasteiger partial charge < -0.3 is 9.47 Å². The van der Waals surface area contributed by atoms with E-state index in [-0.39, 0.29) is 12.8 Å². The Morgan fingerprint density at radius 1 is 1.33 bits per heavy atom. The van der Waals surface area contributed by atoms with E-state index in [1.165, 1.54) is 14.2 Å². The first kappa shape index (κ1) is 14.3. The fourth-order valence-electron chi connectivity index (χ4n) is 1.78. The molecule has 1 rings (SSSR count). The molecular formula is C14H18O4. The van der Waals surface area contributed by atoms with E-state index in [9.17, 15) is 9.59 Å². The molecular weight excluding hydrogens is 232 g/mol. The van der Waals surface area contributed by atoms with Crippen LogP contribution >= 0.6 is 0 Å². The van der Waals surface area contributed by atoms with Gasteiger partial charge in [-0.15, -0.1) is 12.3 Å². The highest BCUT2D eigenvalue weighted by Gasteiger charge is 2.47. The molecule has 1 aliphatic rings. The molecule has 0 radical (unpaired) electrons. The van der Waals surface area contributed by atoms with Crippen LogP contribution in [0.4, 0.5) is 0 Å². The Morgan fingerprint density at radius 2 is 1.89 bits per heavy atom. The highest BCUT2D eigenvalue weighted by atomic mass is 16.5. The van der Waals surface area contributed by atoms with Crippen LogP contribution < -0.4 is 0 Å². The lowest BCUT2D eigenvalue weighted by Gasteiger charge is -2.24. The number of ether oxygens (including phenoxy) is 2. The van der Waals surface area contributed by atoms with Gasteiger partial charge in [-0.05, 0) is 25.2 Å². The van der Waals surface area contributed by atoms with E-state index in [1.807, 2.05) is 12.2 Å². The number of terminal acetylenes is 1. The minimum atomic E-state index is -1.41. The molecule has 1 fully saturated rings. The Kier molecular flexibility index (Phi) is 4.96. The highest BCUT2D eigenvalue weighted by Crippen LogP contribution is 2.34. The van der Waals surface area contributed by atoms with Crippen LogP contribution in [0.15, 0.2) is 12.2 Å². The van der Waals surface area contributed by atoms with E-state index in [2.05, 4.69) is 5.92 Å². The third-order valence-electron chi connectivity index (χ3n) is 3.05. The Balaban J connectivity index is 2.90. The van der Waals surface area contributed by atoms with Crippen molar-refractivity contribution < 1.29 is 19.1 Å². The molecule has 0 aromatic rings. The van der Waals surface area contributed by atoms with Crippen molar-refractivity contribution in [2.75, 3.05) is 14.2 Å². The van der Waals surface area contributed by atoms with Crippen molar-refractivity contribution in [3.63, 3.8) is 0 Å². The van der Waals surface area contributed by atoms with E-state index >= 15 is 0 Å². The van der Waals surface area contributed by atoms with Crippen molar-refractivity contribution >= 4 is 11.9 Å². The summed E-state index contributed by atoms with van der Waals surface area (Å²) in [5, 5.41) is 0. The molecule has 0 saturated heterocycles. The Morgan fingerprint density at radius 3 is 2.28 bits per heavy atom. The highest BCUT2D eigenvalue weighted by molar-refractivity contribution is 6.00. The molecule has 0 heterocycles. The lowest BCUT2D eigenvalue weighted by Crippen LogP contribution is -2.40. The van der Waals surface area contributed by atoms with Crippen LogP contribution in [0.3, 0.4) is 0 Å². The number of hydrogen-bond donors (Lipinski definition) is 0. The number of rotatable bonds is 6. The number of esters is 2. The van der Waals surface area contributed by atoms with Crippen LogP contribution in [0, 0.1) is 23.7 Å². The predicted octanol–water partition coefficient (Wildman–Crippen LogP) is 1.70. The molecule has 1 saturated carbocycles. The third-order valence-corrected chi connectivity index (χ3v) is 3.05. The summed E-state index contributed by atoms with van der Waals surface area (Å²) in [6.07, 6.45) is 11.6. The van der Waals surface area contributed by atoms with Gasteiger partial charge in [-0.1, -0.05) is 12.2 Å². The van der Waals surface area contributed by atoms with Gasteiger partial charge in [0.25, 0.3) is 0 Å². The van der Waals surface area contributed by atoms with Crippen LogP contribution in [-0.4, -0.2) is 26.2 Å². The molecule has 0 N–H and O–H groups in total. The van der Waals surface area contributed by atoms with Gasteiger partial charge >= 0.3 is 11.9 Å². The summed E-state index contributed by atoms with van der Waals surface area (Å²) in [6, 6.07) is 0. The average Bonchev–Trinajstić information content (AvgIpc) is 3.19. The van der Waals surface area contributed by atoms with Crippen molar-refractivity contribution in [1.29, 1.82) is 0 Å². The van der Waals surface area contributed by atoms with Crippen LogP contribution in [-0.2, 0) is 19.1 Å². The normalized spacial score (nSPS) is 15.2. The average molecular weight is 250 g/mol. The molecule has 0 spiro atoms. The molecule has 0 bridgehead atoms. The maximum absolute atomic E-state index is 11.9. The second-order valence-electron chi connectivity index (χ2n) is 4.42. The van der Waals surface area contributed by atoms with Gasteiger partial charge in [-0.25, -0.2) is 0 Å². The first-order chi connectivity index (χ1) is 8.60. The fourth-order valence-corrected chi connectivity index (χ4v) is 1.78. The van der Waals surface area contributed by atoms with E-state index in [0.717, 1.165) is 12.8 Å². The molecule has 0 atom stereocenters. The molecule has 0 unspecified atom stereocenters. The molecule has 4 heteroatoms. The van der Waals surface area contributed by atoms with Crippen LogP contribution in [0.2, 0.25) is 0 Å². The summed E-state index contributed by atoms with van der Waals surface area (Å²) in [5.74, 6) is 1.64. The van der Waals surface area contributed by atoms with Crippen LogP contribution in [0.5, 0.6) is 0 Å². The zero-order valence-electron chi connectivity index (χ0n) is 10.8. The molecule has 0 amide bonds. The SMILES string of the molecule is C#CCC(C/C=C/C1CC1)(C(=O)OC)C(=O)OC. The summed E-state index contributed by atoms with van der Waals surface area (Å²) in [4.78, 5) is 23.7. The maximum Gasteiger partial charge on any atom is 0.324 e. The fraction of sp³-hybridized carbons (Fsp3) is 0.571. The minimum Gasteiger partial charge on any atom is -0.468 e. The molecule has 0 aromatic carbocycles. The number of hydrogen-bond acceptors (Lipinski definition) is 4. The summed E-state index contributed by atoms with van der Waals surface area (Å²) in [7, 11) is 2.47. The second kappa shape index (κ2) is 6.25. The lowest BCUT2D eigenvalue weighted by molar-refractivity contribution is -0.168. The van der Waals surface area contributed by atoms with Crippen LogP contribution in [0.25, 0.3) is 0 Å².